The van der Waals surface area contributed by atoms with Gasteiger partial charge in [0.1, 0.15) is 11.4 Å². The molecule has 1 aromatic carbocycles. The first-order valence-corrected chi connectivity index (χ1v) is 8.21. The van der Waals surface area contributed by atoms with E-state index in [1.807, 2.05) is 37.3 Å². The van der Waals surface area contributed by atoms with Crippen LogP contribution in [0, 0.1) is 6.92 Å². The topological polar surface area (TPSA) is 60.1 Å². The van der Waals surface area contributed by atoms with Gasteiger partial charge in [0.05, 0.1) is 12.0 Å². The van der Waals surface area contributed by atoms with E-state index < -0.39 is 0 Å². The first kappa shape index (κ1) is 15.4. The van der Waals surface area contributed by atoms with Crippen LogP contribution in [0.1, 0.15) is 21.7 Å². The minimum atomic E-state index is -0.164. The molecule has 0 N–H and O–H groups in total. The van der Waals surface area contributed by atoms with Crippen molar-refractivity contribution in [1.29, 1.82) is 0 Å². The molecule has 3 heterocycles. The average Bonchev–Trinajstić information content (AvgIpc) is 3.05. The Morgan fingerprint density at radius 3 is 2.56 bits per heavy atom. The molecule has 0 atom stereocenters. The largest absolute Gasteiger partial charge is 0.331 e. The van der Waals surface area contributed by atoms with Crippen LogP contribution in [0.2, 0.25) is 0 Å². The fourth-order valence-corrected chi connectivity index (χ4v) is 3.16. The number of carbonyl (C=O) groups excluding carboxylic acids is 1. The second kappa shape index (κ2) is 6.05. The van der Waals surface area contributed by atoms with Gasteiger partial charge >= 0.3 is 0 Å². The fourth-order valence-electron chi connectivity index (χ4n) is 3.16. The minimum Gasteiger partial charge on any atom is -0.331 e. The van der Waals surface area contributed by atoms with Crippen LogP contribution in [0.15, 0.2) is 59.8 Å². The summed E-state index contributed by atoms with van der Waals surface area (Å²) in [6.45, 7) is 3.44. The summed E-state index contributed by atoms with van der Waals surface area (Å²) in [5.74, 6) is -0.111. The van der Waals surface area contributed by atoms with Crippen LogP contribution in [-0.2, 0) is 13.1 Å². The predicted octanol–water partition coefficient (Wildman–Crippen LogP) is 2.00. The van der Waals surface area contributed by atoms with E-state index in [0.717, 1.165) is 11.3 Å². The van der Waals surface area contributed by atoms with Gasteiger partial charge in [0.15, 0.2) is 0 Å². The van der Waals surface area contributed by atoms with Crippen molar-refractivity contribution in [3.8, 4) is 5.69 Å². The van der Waals surface area contributed by atoms with Crippen LogP contribution < -0.4 is 5.56 Å². The molecule has 1 aliphatic heterocycles. The van der Waals surface area contributed by atoms with E-state index in [-0.39, 0.29) is 11.5 Å². The molecule has 126 valence electrons. The highest BCUT2D eigenvalue weighted by atomic mass is 16.2. The molecule has 6 heteroatoms. The van der Waals surface area contributed by atoms with Crippen LogP contribution >= 0.6 is 0 Å². The molecule has 3 aromatic rings. The van der Waals surface area contributed by atoms with Gasteiger partial charge in [0, 0.05) is 25.8 Å². The number of pyridine rings is 1. The lowest BCUT2D eigenvalue weighted by atomic mass is 10.1. The summed E-state index contributed by atoms with van der Waals surface area (Å²) in [5, 5.41) is 0. The summed E-state index contributed by atoms with van der Waals surface area (Å²) in [7, 11) is 0. The van der Waals surface area contributed by atoms with Crippen molar-refractivity contribution in [3.05, 3.63) is 82.3 Å². The minimum absolute atomic E-state index is 0.111. The molecule has 0 spiro atoms. The number of carbonyl (C=O) groups is 1. The molecule has 0 aliphatic carbocycles. The Bertz CT molecular complexity index is 988. The molecule has 0 saturated heterocycles. The SMILES string of the molecule is Cc1cn(-c2ccc3n(c2=O)CCN(Cc2ccccc2)C3=O)cn1. The van der Waals surface area contributed by atoms with Gasteiger partial charge in [-0.2, -0.15) is 0 Å². The van der Waals surface area contributed by atoms with Crippen LogP contribution in [-0.4, -0.2) is 31.5 Å². The monoisotopic (exact) mass is 334 g/mol. The summed E-state index contributed by atoms with van der Waals surface area (Å²) in [5.41, 5.74) is 2.70. The van der Waals surface area contributed by atoms with Crippen molar-refractivity contribution in [2.45, 2.75) is 20.0 Å². The maximum atomic E-state index is 12.8. The Hall–Kier alpha value is -3.15. The number of nitrogens with zero attached hydrogens (tertiary/aromatic N) is 4. The summed E-state index contributed by atoms with van der Waals surface area (Å²) in [6.07, 6.45) is 3.42. The van der Waals surface area contributed by atoms with Gasteiger partial charge in [0.25, 0.3) is 11.5 Å². The Labute approximate surface area is 145 Å². The van der Waals surface area contributed by atoms with E-state index in [1.54, 1.807) is 38.7 Å². The quantitative estimate of drug-likeness (QED) is 0.736. The standard InChI is InChI=1S/C19H18N4O2/c1-14-11-22(13-20-14)16-7-8-17-18(24)21(9-10-23(17)19(16)25)12-15-5-3-2-4-6-15/h2-8,11,13H,9-10,12H2,1H3. The lowest BCUT2D eigenvalue weighted by Crippen LogP contribution is -2.44. The lowest BCUT2D eigenvalue weighted by Gasteiger charge is -2.29. The number of fused-ring (bicyclic) bond motifs is 1. The number of imidazole rings is 1. The molecule has 4 rings (SSSR count). The van der Waals surface area contributed by atoms with Crippen LogP contribution in [0.5, 0.6) is 0 Å². The second-order valence-electron chi connectivity index (χ2n) is 6.20. The van der Waals surface area contributed by atoms with Gasteiger partial charge in [-0.25, -0.2) is 4.98 Å². The van der Waals surface area contributed by atoms with Crippen molar-refractivity contribution in [2.75, 3.05) is 6.54 Å². The lowest BCUT2D eigenvalue weighted by molar-refractivity contribution is 0.0686. The molecule has 25 heavy (non-hydrogen) atoms. The molecule has 0 fully saturated rings. The number of aromatic nitrogens is 3. The smallest absolute Gasteiger partial charge is 0.275 e. The third-order valence-electron chi connectivity index (χ3n) is 4.46. The predicted molar refractivity (Wildman–Crippen MR) is 93.7 cm³/mol. The van der Waals surface area contributed by atoms with Gasteiger partial charge in [-0.3, -0.25) is 9.59 Å². The highest BCUT2D eigenvalue weighted by Gasteiger charge is 2.26. The Kier molecular flexibility index (Phi) is 3.72. The van der Waals surface area contributed by atoms with E-state index >= 15 is 0 Å². The van der Waals surface area contributed by atoms with Crippen molar-refractivity contribution in [3.63, 3.8) is 0 Å². The van der Waals surface area contributed by atoms with E-state index in [9.17, 15) is 9.59 Å². The fraction of sp³-hybridized carbons (Fsp3) is 0.211. The maximum Gasteiger partial charge on any atom is 0.275 e. The van der Waals surface area contributed by atoms with E-state index in [2.05, 4.69) is 4.98 Å². The third kappa shape index (κ3) is 2.76. The highest BCUT2D eigenvalue weighted by molar-refractivity contribution is 5.93. The van der Waals surface area contributed by atoms with Crippen LogP contribution in [0.3, 0.4) is 0 Å². The normalized spacial score (nSPS) is 13.8. The maximum absolute atomic E-state index is 12.8. The van der Waals surface area contributed by atoms with Crippen LogP contribution in [0.25, 0.3) is 5.69 Å². The van der Waals surface area contributed by atoms with Gasteiger partial charge in [-0.1, -0.05) is 30.3 Å². The molecule has 0 radical (unpaired) electrons. The summed E-state index contributed by atoms with van der Waals surface area (Å²) in [4.78, 5) is 31.5. The average molecular weight is 334 g/mol. The third-order valence-corrected chi connectivity index (χ3v) is 4.46. The number of hydrogen-bond donors (Lipinski definition) is 0. The molecular formula is C19H18N4O2. The van der Waals surface area contributed by atoms with E-state index in [4.69, 9.17) is 0 Å². The van der Waals surface area contributed by atoms with Gasteiger partial charge in [-0.05, 0) is 24.6 Å². The van der Waals surface area contributed by atoms with Gasteiger partial charge in [-0.15, -0.1) is 0 Å². The van der Waals surface area contributed by atoms with Crippen molar-refractivity contribution in [1.82, 2.24) is 19.0 Å². The Morgan fingerprint density at radius 2 is 1.84 bits per heavy atom. The molecule has 2 aromatic heterocycles. The molecule has 1 aliphatic rings. The number of aryl methyl sites for hydroxylation is 1. The first-order valence-electron chi connectivity index (χ1n) is 8.21. The Morgan fingerprint density at radius 1 is 1.04 bits per heavy atom. The van der Waals surface area contributed by atoms with Gasteiger partial charge in [0.2, 0.25) is 0 Å². The highest BCUT2D eigenvalue weighted by Crippen LogP contribution is 2.15. The molecule has 1 amide bonds. The second-order valence-corrected chi connectivity index (χ2v) is 6.20. The van der Waals surface area contributed by atoms with Crippen molar-refractivity contribution < 1.29 is 4.79 Å². The number of amides is 1. The summed E-state index contributed by atoms with van der Waals surface area (Å²) in [6, 6.07) is 13.3. The van der Waals surface area contributed by atoms with E-state index in [0.29, 0.717) is 31.0 Å². The van der Waals surface area contributed by atoms with Crippen molar-refractivity contribution >= 4 is 5.91 Å². The molecule has 0 saturated carbocycles. The molecular weight excluding hydrogens is 316 g/mol. The molecule has 0 bridgehead atoms. The number of hydrogen-bond acceptors (Lipinski definition) is 3. The zero-order chi connectivity index (χ0) is 17.4. The number of rotatable bonds is 3. The first-order chi connectivity index (χ1) is 12.1. The number of benzene rings is 1. The molecule has 0 unspecified atom stereocenters. The van der Waals surface area contributed by atoms with Crippen LogP contribution in [0.4, 0.5) is 0 Å². The van der Waals surface area contributed by atoms with E-state index in [1.165, 1.54) is 0 Å². The zero-order valence-corrected chi connectivity index (χ0v) is 13.9. The molecule has 6 nitrogen and oxygen atoms in total. The summed E-state index contributed by atoms with van der Waals surface area (Å²) >= 11 is 0. The summed E-state index contributed by atoms with van der Waals surface area (Å²) < 4.78 is 3.26. The van der Waals surface area contributed by atoms with Gasteiger partial charge < -0.3 is 14.0 Å². The zero-order valence-electron chi connectivity index (χ0n) is 13.9. The van der Waals surface area contributed by atoms with Crippen molar-refractivity contribution in [2.24, 2.45) is 0 Å². The Balaban J connectivity index is 1.66.